The molecule has 0 unspecified atom stereocenters. The smallest absolute Gasteiger partial charge is 0.262 e. The van der Waals surface area contributed by atoms with E-state index < -0.39 is 11.8 Å². The van der Waals surface area contributed by atoms with Gasteiger partial charge in [0.15, 0.2) is 0 Å². The van der Waals surface area contributed by atoms with Crippen LogP contribution >= 0.6 is 23.2 Å². The molecule has 0 spiro atoms. The Morgan fingerprint density at radius 2 is 1.13 bits per heavy atom. The van der Waals surface area contributed by atoms with Crippen molar-refractivity contribution in [3.8, 4) is 12.1 Å². The first-order valence-corrected chi connectivity index (χ1v) is 9.51. The molecule has 0 saturated carbocycles. The van der Waals surface area contributed by atoms with E-state index in [0.717, 1.165) is 0 Å². The molecule has 0 aromatic heterocycles. The Morgan fingerprint density at radius 3 is 1.47 bits per heavy atom. The van der Waals surface area contributed by atoms with Crippen molar-refractivity contribution in [1.82, 2.24) is 10.6 Å². The van der Waals surface area contributed by atoms with E-state index in [2.05, 4.69) is 10.6 Å². The van der Waals surface area contributed by atoms with Gasteiger partial charge in [0.25, 0.3) is 11.8 Å². The van der Waals surface area contributed by atoms with E-state index in [1.807, 2.05) is 12.1 Å². The van der Waals surface area contributed by atoms with Gasteiger partial charge in [0, 0.05) is 23.1 Å². The van der Waals surface area contributed by atoms with Gasteiger partial charge in [0.05, 0.1) is 0 Å². The van der Waals surface area contributed by atoms with Crippen molar-refractivity contribution in [2.24, 2.45) is 0 Å². The maximum absolute atomic E-state index is 12.2. The molecule has 0 aliphatic heterocycles. The van der Waals surface area contributed by atoms with Gasteiger partial charge in [-0.25, -0.2) is 0 Å². The van der Waals surface area contributed by atoms with Crippen molar-refractivity contribution in [2.75, 3.05) is 13.1 Å². The maximum Gasteiger partial charge on any atom is 0.262 e. The zero-order valence-corrected chi connectivity index (χ0v) is 17.2. The number of nitrogens with zero attached hydrogens (tertiary/aromatic N) is 2. The Balaban J connectivity index is 1.92. The van der Waals surface area contributed by atoms with Crippen LogP contribution in [0.3, 0.4) is 0 Å². The van der Waals surface area contributed by atoms with Crippen LogP contribution in [0.5, 0.6) is 0 Å². The van der Waals surface area contributed by atoms with Gasteiger partial charge in [0.1, 0.15) is 23.3 Å². The van der Waals surface area contributed by atoms with Crippen LogP contribution in [0.1, 0.15) is 11.1 Å². The highest BCUT2D eigenvalue weighted by molar-refractivity contribution is 6.32. The summed E-state index contributed by atoms with van der Waals surface area (Å²) in [5.41, 5.74) is 0.849. The molecule has 0 bridgehead atoms. The summed E-state index contributed by atoms with van der Waals surface area (Å²) in [5.74, 6) is -1.20. The van der Waals surface area contributed by atoms with Gasteiger partial charge in [-0.15, -0.1) is 0 Å². The topological polar surface area (TPSA) is 106 Å². The minimum Gasteiger partial charge on any atom is -0.350 e. The Kier molecular flexibility index (Phi) is 8.65. The molecule has 0 heterocycles. The van der Waals surface area contributed by atoms with Gasteiger partial charge >= 0.3 is 0 Å². The average Bonchev–Trinajstić information content (AvgIpc) is 2.75. The molecule has 2 amide bonds. The molecule has 8 heteroatoms. The van der Waals surface area contributed by atoms with Crippen LogP contribution in [0.25, 0.3) is 12.2 Å². The molecule has 0 fully saturated rings. The first-order valence-electron chi connectivity index (χ1n) is 8.75. The van der Waals surface area contributed by atoms with Crippen molar-refractivity contribution in [2.45, 2.75) is 0 Å². The van der Waals surface area contributed by atoms with E-state index in [1.54, 1.807) is 48.5 Å². The van der Waals surface area contributed by atoms with Crippen LogP contribution in [0.2, 0.25) is 10.0 Å². The van der Waals surface area contributed by atoms with Crippen LogP contribution in [0.15, 0.2) is 59.7 Å². The third-order valence-electron chi connectivity index (χ3n) is 3.84. The van der Waals surface area contributed by atoms with Gasteiger partial charge in [-0.3, -0.25) is 9.59 Å². The number of carbonyl (C=O) groups excluding carboxylic acids is 2. The van der Waals surface area contributed by atoms with Crippen molar-refractivity contribution >= 4 is 47.2 Å². The summed E-state index contributed by atoms with van der Waals surface area (Å²) in [7, 11) is 0. The van der Waals surface area contributed by atoms with Crippen molar-refractivity contribution in [1.29, 1.82) is 10.5 Å². The molecule has 2 rings (SSSR count). The first-order chi connectivity index (χ1) is 14.5. The fourth-order valence-corrected chi connectivity index (χ4v) is 2.72. The third kappa shape index (κ3) is 6.49. The molecule has 30 heavy (non-hydrogen) atoms. The van der Waals surface area contributed by atoms with E-state index >= 15 is 0 Å². The summed E-state index contributed by atoms with van der Waals surface area (Å²) in [6.45, 7) is 0.133. The Labute approximate surface area is 184 Å². The zero-order valence-electron chi connectivity index (χ0n) is 15.7. The predicted molar refractivity (Wildman–Crippen MR) is 116 cm³/mol. The monoisotopic (exact) mass is 438 g/mol. The Hall–Kier alpha value is -3.58. The lowest BCUT2D eigenvalue weighted by molar-refractivity contribution is -0.118. The lowest BCUT2D eigenvalue weighted by Crippen LogP contribution is -2.35. The second-order valence-corrected chi connectivity index (χ2v) is 6.71. The van der Waals surface area contributed by atoms with Crippen LogP contribution in [-0.4, -0.2) is 24.9 Å². The lowest BCUT2D eigenvalue weighted by Gasteiger charge is -2.07. The van der Waals surface area contributed by atoms with Gasteiger partial charge in [0.2, 0.25) is 0 Å². The van der Waals surface area contributed by atoms with E-state index in [1.165, 1.54) is 12.2 Å². The summed E-state index contributed by atoms with van der Waals surface area (Å²) >= 11 is 12.1. The summed E-state index contributed by atoms with van der Waals surface area (Å²) in [5, 5.41) is 24.3. The van der Waals surface area contributed by atoms with E-state index in [4.69, 9.17) is 23.2 Å². The number of hydrogen-bond donors (Lipinski definition) is 2. The van der Waals surface area contributed by atoms with E-state index in [9.17, 15) is 20.1 Å². The molecule has 0 atom stereocenters. The molecule has 0 radical (unpaired) electrons. The Bertz CT molecular complexity index is 1010. The molecule has 150 valence electrons. The summed E-state index contributed by atoms with van der Waals surface area (Å²) in [6.07, 6.45) is 2.77. The number of nitrogens with one attached hydrogen (secondary N) is 2. The molecule has 0 saturated heterocycles. The SMILES string of the molecule is N#C/C(=C\c1ccccc1Cl)C(=O)NCCNC(=O)/C(C#N)=C/c1ccccc1Cl. The van der Waals surface area contributed by atoms with Crippen molar-refractivity contribution in [3.63, 3.8) is 0 Å². The summed E-state index contributed by atoms with van der Waals surface area (Å²) in [6, 6.07) is 17.3. The van der Waals surface area contributed by atoms with Gasteiger partial charge in [-0.1, -0.05) is 59.6 Å². The Morgan fingerprint density at radius 1 is 0.767 bits per heavy atom. The number of rotatable bonds is 7. The highest BCUT2D eigenvalue weighted by Crippen LogP contribution is 2.19. The highest BCUT2D eigenvalue weighted by Gasteiger charge is 2.12. The minimum atomic E-state index is -0.598. The minimum absolute atomic E-state index is 0.0664. The normalized spacial score (nSPS) is 11.2. The summed E-state index contributed by atoms with van der Waals surface area (Å²) < 4.78 is 0. The molecular formula is C22H16Cl2N4O2. The van der Waals surface area contributed by atoms with E-state index in [-0.39, 0.29) is 24.2 Å². The molecule has 2 N–H and O–H groups in total. The van der Waals surface area contributed by atoms with Crippen LogP contribution in [-0.2, 0) is 9.59 Å². The van der Waals surface area contributed by atoms with Crippen LogP contribution in [0.4, 0.5) is 0 Å². The van der Waals surface area contributed by atoms with Gasteiger partial charge < -0.3 is 10.6 Å². The molecule has 2 aromatic carbocycles. The van der Waals surface area contributed by atoms with E-state index in [0.29, 0.717) is 21.2 Å². The predicted octanol–water partition coefficient (Wildman–Crippen LogP) is 3.74. The number of nitriles is 2. The number of hydrogen-bond acceptors (Lipinski definition) is 4. The fourth-order valence-electron chi connectivity index (χ4n) is 2.34. The molecule has 6 nitrogen and oxygen atoms in total. The van der Waals surface area contributed by atoms with Gasteiger partial charge in [-0.05, 0) is 35.4 Å². The molecule has 0 aliphatic carbocycles. The standard InChI is InChI=1S/C22H16Cl2N4O2/c23-19-7-3-1-5-15(19)11-17(13-25)21(29)27-9-10-28-22(30)18(14-26)12-16-6-2-4-8-20(16)24/h1-8,11-12H,9-10H2,(H,27,29)(H,28,30)/b17-11+,18-12+. The molecule has 2 aromatic rings. The average molecular weight is 439 g/mol. The number of carbonyl (C=O) groups is 2. The first kappa shape index (κ1) is 22.7. The van der Waals surface area contributed by atoms with Crippen molar-refractivity contribution < 1.29 is 9.59 Å². The number of amides is 2. The van der Waals surface area contributed by atoms with Crippen molar-refractivity contribution in [3.05, 3.63) is 80.8 Å². The quantitative estimate of drug-likeness (QED) is 0.390. The second-order valence-electron chi connectivity index (χ2n) is 5.89. The largest absolute Gasteiger partial charge is 0.350 e. The fraction of sp³-hybridized carbons (Fsp3) is 0.0909. The van der Waals surface area contributed by atoms with Crippen LogP contribution in [0, 0.1) is 22.7 Å². The van der Waals surface area contributed by atoms with Gasteiger partial charge in [-0.2, -0.15) is 10.5 Å². The zero-order chi connectivity index (χ0) is 21.9. The maximum atomic E-state index is 12.2. The number of halogens is 2. The number of benzene rings is 2. The molecular weight excluding hydrogens is 423 g/mol. The summed E-state index contributed by atoms with van der Waals surface area (Å²) in [4.78, 5) is 24.3. The third-order valence-corrected chi connectivity index (χ3v) is 4.52. The lowest BCUT2D eigenvalue weighted by atomic mass is 10.1. The highest BCUT2D eigenvalue weighted by atomic mass is 35.5. The molecule has 0 aliphatic rings. The second kappa shape index (κ2) is 11.4. The van der Waals surface area contributed by atoms with Crippen LogP contribution < -0.4 is 10.6 Å².